The van der Waals surface area contributed by atoms with E-state index in [0.29, 0.717) is 5.54 Å². The molecule has 0 saturated heterocycles. The SMILES string of the molecule is CNC(C)(C)C.[B]. The minimum absolute atomic E-state index is 0. The minimum atomic E-state index is 0. The van der Waals surface area contributed by atoms with Crippen molar-refractivity contribution in [2.24, 2.45) is 0 Å². The van der Waals surface area contributed by atoms with Crippen LogP contribution in [0, 0.1) is 0 Å². The smallest absolute Gasteiger partial charge is 0.00935 e. The summed E-state index contributed by atoms with van der Waals surface area (Å²) in [7, 11) is 1.96. The molecule has 0 atom stereocenters. The molecule has 3 radical (unpaired) electrons. The molecule has 0 unspecified atom stereocenters. The van der Waals surface area contributed by atoms with E-state index in [0.717, 1.165) is 0 Å². The van der Waals surface area contributed by atoms with Gasteiger partial charge < -0.3 is 5.32 Å². The maximum atomic E-state index is 3.10. The molecule has 0 spiro atoms. The second-order valence-electron chi connectivity index (χ2n) is 2.50. The van der Waals surface area contributed by atoms with Crippen LogP contribution in [0.15, 0.2) is 0 Å². The van der Waals surface area contributed by atoms with Crippen LogP contribution in [-0.2, 0) is 0 Å². The zero-order valence-corrected chi connectivity index (χ0v) is 5.58. The van der Waals surface area contributed by atoms with E-state index in [-0.39, 0.29) is 8.41 Å². The molecule has 0 aromatic carbocycles. The van der Waals surface area contributed by atoms with Crippen molar-refractivity contribution < 1.29 is 0 Å². The fraction of sp³-hybridized carbons (Fsp3) is 1.00. The first kappa shape index (κ1) is 10.1. The van der Waals surface area contributed by atoms with E-state index >= 15 is 0 Å². The molecule has 0 rings (SSSR count). The van der Waals surface area contributed by atoms with E-state index < -0.39 is 0 Å². The largest absolute Gasteiger partial charge is 0.315 e. The van der Waals surface area contributed by atoms with Gasteiger partial charge in [-0.2, -0.15) is 0 Å². The van der Waals surface area contributed by atoms with Crippen LogP contribution in [0.2, 0.25) is 0 Å². The molecule has 1 N–H and O–H groups in total. The Bertz CT molecular complexity index is 37.8. The summed E-state index contributed by atoms with van der Waals surface area (Å²) in [6.07, 6.45) is 0. The molecule has 1 nitrogen and oxygen atoms in total. The molecule has 0 bridgehead atoms. The van der Waals surface area contributed by atoms with Crippen LogP contribution in [0.3, 0.4) is 0 Å². The van der Waals surface area contributed by atoms with Crippen LogP contribution in [0.5, 0.6) is 0 Å². The topological polar surface area (TPSA) is 12.0 Å². The van der Waals surface area contributed by atoms with Gasteiger partial charge >= 0.3 is 0 Å². The van der Waals surface area contributed by atoms with Gasteiger partial charge in [-0.1, -0.05) is 0 Å². The van der Waals surface area contributed by atoms with Crippen LogP contribution in [-0.4, -0.2) is 21.0 Å². The van der Waals surface area contributed by atoms with Crippen LogP contribution in [0.4, 0.5) is 0 Å². The van der Waals surface area contributed by atoms with Crippen LogP contribution in [0.25, 0.3) is 0 Å². The quantitative estimate of drug-likeness (QED) is 0.438. The van der Waals surface area contributed by atoms with E-state index in [2.05, 4.69) is 26.1 Å². The summed E-state index contributed by atoms with van der Waals surface area (Å²) >= 11 is 0. The number of rotatable bonds is 0. The Morgan fingerprint density at radius 1 is 1.14 bits per heavy atom. The molecule has 7 heavy (non-hydrogen) atoms. The highest BCUT2D eigenvalue weighted by Gasteiger charge is 2.01. The van der Waals surface area contributed by atoms with Gasteiger partial charge in [0.25, 0.3) is 0 Å². The Balaban J connectivity index is 0. The van der Waals surface area contributed by atoms with Gasteiger partial charge in [0.05, 0.1) is 0 Å². The molecular weight excluding hydrogens is 84.9 g/mol. The van der Waals surface area contributed by atoms with E-state index in [9.17, 15) is 0 Å². The minimum Gasteiger partial charge on any atom is -0.315 e. The first-order valence-electron chi connectivity index (χ1n) is 2.25. The zero-order valence-electron chi connectivity index (χ0n) is 5.58. The molecule has 0 fully saturated rings. The summed E-state index contributed by atoms with van der Waals surface area (Å²) < 4.78 is 0. The van der Waals surface area contributed by atoms with Crippen molar-refractivity contribution in [3.05, 3.63) is 0 Å². The third kappa shape index (κ3) is 10.7. The van der Waals surface area contributed by atoms with Crippen molar-refractivity contribution in [2.75, 3.05) is 7.05 Å². The average Bonchev–Trinajstić information content (AvgIpc) is 1.35. The second kappa shape index (κ2) is 3.08. The van der Waals surface area contributed by atoms with E-state index in [1.165, 1.54) is 0 Å². The molecule has 0 aromatic heterocycles. The molecule has 0 aliphatic carbocycles. The molecule has 0 amide bonds. The van der Waals surface area contributed by atoms with Crippen molar-refractivity contribution in [3.63, 3.8) is 0 Å². The summed E-state index contributed by atoms with van der Waals surface area (Å²) in [5, 5.41) is 3.10. The molecule has 0 saturated carbocycles. The van der Waals surface area contributed by atoms with Gasteiger partial charge in [0.15, 0.2) is 0 Å². The zero-order chi connectivity index (χ0) is 5.21. The molecular formula is C5H13BN. The summed E-state index contributed by atoms with van der Waals surface area (Å²) in [5.74, 6) is 0. The second-order valence-corrected chi connectivity index (χ2v) is 2.50. The molecule has 0 aromatic rings. The number of hydrogen-bond donors (Lipinski definition) is 1. The summed E-state index contributed by atoms with van der Waals surface area (Å²) in [5.41, 5.74) is 0.292. The Kier molecular flexibility index (Phi) is 4.45. The van der Waals surface area contributed by atoms with Gasteiger partial charge in [0.2, 0.25) is 0 Å². The monoisotopic (exact) mass is 98.1 g/mol. The third-order valence-corrected chi connectivity index (χ3v) is 0.750. The van der Waals surface area contributed by atoms with Gasteiger partial charge in [-0.15, -0.1) is 0 Å². The Labute approximate surface area is 48.1 Å². The highest BCUT2D eigenvalue weighted by Crippen LogP contribution is 1.93. The van der Waals surface area contributed by atoms with Crippen molar-refractivity contribution in [3.8, 4) is 0 Å². The normalized spacial score (nSPS) is 10.3. The predicted octanol–water partition coefficient (Wildman–Crippen LogP) is 0.623. The molecule has 2 heteroatoms. The standard InChI is InChI=1S/C5H13N.B/c1-5(2,3)6-4;/h6H,1-4H3;. The van der Waals surface area contributed by atoms with Crippen molar-refractivity contribution in [2.45, 2.75) is 26.3 Å². The van der Waals surface area contributed by atoms with E-state index in [1.54, 1.807) is 0 Å². The summed E-state index contributed by atoms with van der Waals surface area (Å²) in [6.45, 7) is 6.40. The van der Waals surface area contributed by atoms with Crippen LogP contribution in [0.1, 0.15) is 20.8 Å². The lowest BCUT2D eigenvalue weighted by molar-refractivity contribution is 0.469. The van der Waals surface area contributed by atoms with Gasteiger partial charge in [-0.3, -0.25) is 0 Å². The number of hydrogen-bond acceptors (Lipinski definition) is 1. The highest BCUT2D eigenvalue weighted by molar-refractivity contribution is 5.75. The molecule has 0 heterocycles. The van der Waals surface area contributed by atoms with E-state index in [1.807, 2.05) is 7.05 Å². The maximum Gasteiger partial charge on any atom is 0.00935 e. The van der Waals surface area contributed by atoms with Crippen LogP contribution < -0.4 is 5.32 Å². The lowest BCUT2D eigenvalue weighted by Crippen LogP contribution is -2.31. The molecule has 0 aliphatic heterocycles. The van der Waals surface area contributed by atoms with Crippen molar-refractivity contribution in [1.82, 2.24) is 5.32 Å². The molecule has 41 valence electrons. The predicted molar refractivity (Wildman–Crippen MR) is 34.6 cm³/mol. The van der Waals surface area contributed by atoms with Crippen LogP contribution >= 0.6 is 0 Å². The fourth-order valence-electron chi connectivity index (χ4n) is 0. The average molecular weight is 98.0 g/mol. The third-order valence-electron chi connectivity index (χ3n) is 0.750. The Hall–Kier alpha value is 0.0249. The van der Waals surface area contributed by atoms with Gasteiger partial charge in [0, 0.05) is 14.0 Å². The Morgan fingerprint density at radius 3 is 1.29 bits per heavy atom. The van der Waals surface area contributed by atoms with Crippen molar-refractivity contribution >= 4 is 8.41 Å². The highest BCUT2D eigenvalue weighted by atomic mass is 14.9. The summed E-state index contributed by atoms with van der Waals surface area (Å²) in [6, 6.07) is 0. The van der Waals surface area contributed by atoms with Gasteiger partial charge in [-0.05, 0) is 27.8 Å². The lowest BCUT2D eigenvalue weighted by atomic mass is 10.1. The summed E-state index contributed by atoms with van der Waals surface area (Å²) in [4.78, 5) is 0. The fourth-order valence-corrected chi connectivity index (χ4v) is 0. The first-order valence-corrected chi connectivity index (χ1v) is 2.25. The maximum absolute atomic E-state index is 3.10. The first-order chi connectivity index (χ1) is 2.56. The lowest BCUT2D eigenvalue weighted by Gasteiger charge is -2.15. The molecule has 0 aliphatic rings. The van der Waals surface area contributed by atoms with Gasteiger partial charge in [0.1, 0.15) is 0 Å². The van der Waals surface area contributed by atoms with E-state index in [4.69, 9.17) is 0 Å². The number of nitrogens with one attached hydrogen (secondary N) is 1. The van der Waals surface area contributed by atoms with Crippen molar-refractivity contribution in [1.29, 1.82) is 0 Å². The van der Waals surface area contributed by atoms with Gasteiger partial charge in [-0.25, -0.2) is 0 Å². The Morgan fingerprint density at radius 2 is 1.29 bits per heavy atom.